The summed E-state index contributed by atoms with van der Waals surface area (Å²) >= 11 is 0. The van der Waals surface area contributed by atoms with E-state index in [0.29, 0.717) is 6.07 Å². The first-order chi connectivity index (χ1) is 8.68. The lowest BCUT2D eigenvalue weighted by Gasteiger charge is -2.15. The molecule has 1 atom stereocenters. The second kappa shape index (κ2) is 5.29. The Morgan fingerprint density at radius 1 is 1.47 bits per heavy atom. The van der Waals surface area contributed by atoms with Gasteiger partial charge in [-0.25, -0.2) is 0 Å². The van der Waals surface area contributed by atoms with Gasteiger partial charge in [-0.1, -0.05) is 13.0 Å². The first-order valence-corrected chi connectivity index (χ1v) is 5.46. The van der Waals surface area contributed by atoms with Gasteiger partial charge in [0.15, 0.2) is 0 Å². The number of carboxylic acid groups (broad SMARTS) is 1. The van der Waals surface area contributed by atoms with Gasteiger partial charge in [0.25, 0.3) is 0 Å². The Hall–Kier alpha value is -2.05. The Balaban J connectivity index is 3.23. The van der Waals surface area contributed by atoms with E-state index in [4.69, 9.17) is 16.2 Å². The van der Waals surface area contributed by atoms with E-state index in [2.05, 4.69) is 0 Å². The van der Waals surface area contributed by atoms with Crippen LogP contribution in [0.15, 0.2) is 18.2 Å². The fraction of sp³-hybridized carbons (Fsp3) is 0.333. The van der Waals surface area contributed by atoms with Crippen molar-refractivity contribution in [2.24, 2.45) is 5.92 Å². The summed E-state index contributed by atoms with van der Waals surface area (Å²) in [5.74, 6) is -2.37. The number of rotatable bonds is 4. The van der Waals surface area contributed by atoms with Crippen LogP contribution in [-0.2, 0) is 11.0 Å². The fourth-order valence-electron chi connectivity index (χ4n) is 1.67. The lowest BCUT2D eigenvalue weighted by atomic mass is 9.93. The van der Waals surface area contributed by atoms with Gasteiger partial charge in [0, 0.05) is 5.69 Å². The van der Waals surface area contributed by atoms with Gasteiger partial charge in [0.2, 0.25) is 0 Å². The summed E-state index contributed by atoms with van der Waals surface area (Å²) in [5, 5.41) is 16.6. The summed E-state index contributed by atoms with van der Waals surface area (Å²) < 4.78 is 38.0. The van der Waals surface area contributed by atoms with Gasteiger partial charge in [0.05, 0.1) is 17.2 Å². The van der Waals surface area contributed by atoms with Gasteiger partial charge in [-0.2, -0.15) is 13.2 Å². The van der Waals surface area contributed by atoms with E-state index in [9.17, 15) is 18.0 Å². The van der Waals surface area contributed by atoms with Crippen LogP contribution in [0.2, 0.25) is 0 Å². The molecule has 0 aliphatic rings. The lowest BCUT2D eigenvalue weighted by molar-refractivity contribution is -0.139. The SMILES string of the molecule is CC[C@@H](C(=N)c1ccc(N)c(C(F)(F)F)c1)C(=O)O. The van der Waals surface area contributed by atoms with Crippen molar-refractivity contribution in [2.45, 2.75) is 19.5 Å². The molecule has 0 saturated heterocycles. The summed E-state index contributed by atoms with van der Waals surface area (Å²) in [7, 11) is 0. The predicted octanol–water partition coefficient (Wildman–Crippen LogP) is 2.77. The highest BCUT2D eigenvalue weighted by Crippen LogP contribution is 2.34. The average Bonchev–Trinajstić information content (AvgIpc) is 2.28. The zero-order chi connectivity index (χ0) is 14.8. The van der Waals surface area contributed by atoms with Crippen molar-refractivity contribution in [1.82, 2.24) is 0 Å². The maximum absolute atomic E-state index is 12.7. The fourth-order valence-corrected chi connectivity index (χ4v) is 1.67. The quantitative estimate of drug-likeness (QED) is 0.582. The molecule has 1 aromatic rings. The van der Waals surface area contributed by atoms with Crippen molar-refractivity contribution >= 4 is 17.4 Å². The third-order valence-corrected chi connectivity index (χ3v) is 2.72. The van der Waals surface area contributed by atoms with Crippen LogP contribution in [-0.4, -0.2) is 16.8 Å². The minimum Gasteiger partial charge on any atom is -0.481 e. The molecule has 0 fully saturated rings. The van der Waals surface area contributed by atoms with Gasteiger partial charge in [-0.15, -0.1) is 0 Å². The molecule has 7 heteroatoms. The summed E-state index contributed by atoms with van der Waals surface area (Å²) in [6, 6.07) is 2.96. The molecular weight excluding hydrogens is 261 g/mol. The molecule has 104 valence electrons. The van der Waals surface area contributed by atoms with Gasteiger partial charge in [0.1, 0.15) is 0 Å². The number of nitrogen functional groups attached to an aromatic ring is 1. The van der Waals surface area contributed by atoms with Gasteiger partial charge in [-0.05, 0) is 24.1 Å². The van der Waals surface area contributed by atoms with Gasteiger partial charge >= 0.3 is 12.1 Å². The molecule has 0 aromatic heterocycles. The predicted molar refractivity (Wildman–Crippen MR) is 64.1 cm³/mol. The maximum Gasteiger partial charge on any atom is 0.418 e. The molecule has 0 heterocycles. The third-order valence-electron chi connectivity index (χ3n) is 2.72. The number of halogens is 3. The molecule has 0 radical (unpaired) electrons. The molecule has 1 aromatic carbocycles. The molecule has 0 aliphatic carbocycles. The topological polar surface area (TPSA) is 87.2 Å². The number of alkyl halides is 3. The molecule has 0 saturated carbocycles. The Morgan fingerprint density at radius 2 is 2.05 bits per heavy atom. The van der Waals surface area contributed by atoms with E-state index >= 15 is 0 Å². The van der Waals surface area contributed by atoms with Crippen LogP contribution in [0.3, 0.4) is 0 Å². The molecule has 4 nitrogen and oxygen atoms in total. The van der Waals surface area contributed by atoms with Crippen LogP contribution in [0.4, 0.5) is 18.9 Å². The van der Waals surface area contributed by atoms with Crippen LogP contribution in [0.25, 0.3) is 0 Å². The lowest BCUT2D eigenvalue weighted by Crippen LogP contribution is -2.23. The van der Waals surface area contributed by atoms with E-state index < -0.39 is 29.3 Å². The van der Waals surface area contributed by atoms with E-state index in [1.807, 2.05) is 0 Å². The minimum atomic E-state index is -4.63. The van der Waals surface area contributed by atoms with Gasteiger partial charge < -0.3 is 16.2 Å². The molecule has 19 heavy (non-hydrogen) atoms. The zero-order valence-corrected chi connectivity index (χ0v) is 10.1. The largest absolute Gasteiger partial charge is 0.481 e. The molecule has 0 unspecified atom stereocenters. The average molecular weight is 274 g/mol. The summed E-state index contributed by atoms with van der Waals surface area (Å²) in [5.41, 5.74) is 3.28. The third kappa shape index (κ3) is 3.24. The second-order valence-corrected chi connectivity index (χ2v) is 4.01. The highest BCUT2D eigenvalue weighted by atomic mass is 19.4. The molecule has 0 bridgehead atoms. The van der Waals surface area contributed by atoms with Crippen LogP contribution in [0.5, 0.6) is 0 Å². The summed E-state index contributed by atoms with van der Waals surface area (Å²) in [4.78, 5) is 10.9. The van der Waals surface area contributed by atoms with E-state index in [0.717, 1.165) is 6.07 Å². The maximum atomic E-state index is 12.7. The summed E-state index contributed by atoms with van der Waals surface area (Å²) in [6.07, 6.45) is -4.51. The van der Waals surface area contributed by atoms with Crippen LogP contribution in [0, 0.1) is 11.3 Å². The Kier molecular flexibility index (Phi) is 4.18. The standard InChI is InChI=1S/C12H13F3N2O2/c1-2-7(11(18)19)10(17)6-3-4-9(16)8(5-6)12(13,14)15/h3-5,7,17H,2,16H2,1H3,(H,18,19)/t7-/m0/s1. The van der Waals surface area contributed by atoms with Crippen molar-refractivity contribution in [3.8, 4) is 0 Å². The molecule has 0 amide bonds. The van der Waals surface area contributed by atoms with E-state index in [-0.39, 0.29) is 17.7 Å². The van der Waals surface area contributed by atoms with E-state index in [1.165, 1.54) is 6.07 Å². The number of carboxylic acids is 1. The number of aliphatic carboxylic acids is 1. The number of hydrogen-bond donors (Lipinski definition) is 3. The van der Waals surface area contributed by atoms with Crippen LogP contribution >= 0.6 is 0 Å². The minimum absolute atomic E-state index is 0.0872. The smallest absolute Gasteiger partial charge is 0.418 e. The van der Waals surface area contributed by atoms with Crippen molar-refractivity contribution < 1.29 is 23.1 Å². The Labute approximate surface area is 107 Å². The van der Waals surface area contributed by atoms with Crippen molar-refractivity contribution in [2.75, 3.05) is 5.73 Å². The van der Waals surface area contributed by atoms with E-state index in [1.54, 1.807) is 6.92 Å². The van der Waals surface area contributed by atoms with Crippen LogP contribution in [0.1, 0.15) is 24.5 Å². The highest BCUT2D eigenvalue weighted by molar-refractivity contribution is 6.09. The molecule has 0 aliphatic heterocycles. The van der Waals surface area contributed by atoms with Gasteiger partial charge in [-0.3, -0.25) is 4.79 Å². The highest BCUT2D eigenvalue weighted by Gasteiger charge is 2.34. The summed E-state index contributed by atoms with van der Waals surface area (Å²) in [6.45, 7) is 1.55. The van der Waals surface area contributed by atoms with Crippen molar-refractivity contribution in [1.29, 1.82) is 5.41 Å². The Bertz CT molecular complexity index is 512. The monoisotopic (exact) mass is 274 g/mol. The first-order valence-electron chi connectivity index (χ1n) is 5.46. The molecular formula is C12H13F3N2O2. The molecule has 0 spiro atoms. The molecule has 4 N–H and O–H groups in total. The van der Waals surface area contributed by atoms with Crippen LogP contribution < -0.4 is 5.73 Å². The number of hydrogen-bond acceptors (Lipinski definition) is 3. The Morgan fingerprint density at radius 3 is 2.47 bits per heavy atom. The number of anilines is 1. The first kappa shape index (κ1) is 15.0. The number of benzene rings is 1. The number of nitrogens with two attached hydrogens (primary N) is 1. The van der Waals surface area contributed by atoms with Crippen molar-refractivity contribution in [3.63, 3.8) is 0 Å². The van der Waals surface area contributed by atoms with Crippen molar-refractivity contribution in [3.05, 3.63) is 29.3 Å². The second-order valence-electron chi connectivity index (χ2n) is 4.01. The zero-order valence-electron chi connectivity index (χ0n) is 10.1. The number of carbonyl (C=O) groups is 1. The number of nitrogens with one attached hydrogen (secondary N) is 1. The normalized spacial score (nSPS) is 13.1. The molecule has 1 rings (SSSR count).